The predicted octanol–water partition coefficient (Wildman–Crippen LogP) is -0.825. The molecule has 4 heteroatoms. The summed E-state index contributed by atoms with van der Waals surface area (Å²) in [7, 11) is 0. The van der Waals surface area contributed by atoms with Crippen molar-refractivity contribution in [3.8, 4) is 0 Å². The first kappa shape index (κ1) is 6.97. The van der Waals surface area contributed by atoms with Gasteiger partial charge in [-0.1, -0.05) is 6.08 Å². The third-order valence-corrected chi connectivity index (χ3v) is 0.515. The van der Waals surface area contributed by atoms with Crippen molar-refractivity contribution in [2.24, 2.45) is 5.84 Å². The van der Waals surface area contributed by atoms with Gasteiger partial charge in [-0.2, -0.15) is 0 Å². The van der Waals surface area contributed by atoms with E-state index in [0.717, 1.165) is 0 Å². The van der Waals surface area contributed by atoms with Gasteiger partial charge < -0.3 is 0 Å². The largest absolute Gasteiger partial charge is 0.293 e. The van der Waals surface area contributed by atoms with Gasteiger partial charge in [-0.05, 0) is 0 Å². The molecule has 0 aromatic rings. The summed E-state index contributed by atoms with van der Waals surface area (Å²) in [5, 5.41) is 10.4. The Hall–Kier alpha value is -1.03. The van der Waals surface area contributed by atoms with Gasteiger partial charge in [0.2, 0.25) is 5.96 Å². The molecule has 0 aromatic carbocycles. The van der Waals surface area contributed by atoms with E-state index in [-0.39, 0.29) is 5.96 Å². The number of guanidine groups is 1. The number of nitrogens with two attached hydrogens (primary N) is 1. The molecule has 0 aliphatic heterocycles. The van der Waals surface area contributed by atoms with Crippen LogP contribution in [0.5, 0.6) is 0 Å². The second-order valence-corrected chi connectivity index (χ2v) is 1.12. The summed E-state index contributed by atoms with van der Waals surface area (Å²) in [4.78, 5) is 0. The third kappa shape index (κ3) is 3.17. The van der Waals surface area contributed by atoms with E-state index in [1.165, 1.54) is 0 Å². The maximum atomic E-state index is 6.79. The molecule has 0 amide bonds. The smallest absolute Gasteiger partial charge is 0.225 e. The molecule has 0 saturated carbocycles. The van der Waals surface area contributed by atoms with Gasteiger partial charge in [-0.25, -0.2) is 11.2 Å². The lowest BCUT2D eigenvalue weighted by atomic mass is 10.6. The zero-order valence-electron chi connectivity index (χ0n) is 4.52. The molecule has 0 rings (SSSR count). The molecule has 4 nitrogen and oxygen atoms in total. The number of nitrogens with one attached hydrogen (secondary N) is 2. The summed E-state index contributed by atoms with van der Waals surface area (Å²) >= 11 is 0. The van der Waals surface area contributed by atoms with Crippen LogP contribution in [0.25, 0.3) is 0 Å². The normalized spacial score (nSPS) is 7.62. The van der Waals surface area contributed by atoms with Crippen LogP contribution in [0, 0.1) is 5.41 Å². The second kappa shape index (κ2) is 4.14. The molecule has 0 saturated heterocycles. The van der Waals surface area contributed by atoms with Crippen molar-refractivity contribution >= 4 is 5.96 Å². The van der Waals surface area contributed by atoms with Gasteiger partial charge >= 0.3 is 0 Å². The van der Waals surface area contributed by atoms with Gasteiger partial charge in [0.15, 0.2) is 0 Å². The SMILES string of the molecule is C=CC[N]C(=N)NN. The van der Waals surface area contributed by atoms with Crippen LogP contribution in [0.2, 0.25) is 0 Å². The van der Waals surface area contributed by atoms with Crippen LogP contribution in [0.1, 0.15) is 0 Å². The molecule has 0 aliphatic rings. The first-order valence-corrected chi connectivity index (χ1v) is 2.15. The number of rotatable bonds is 2. The molecule has 0 heterocycles. The highest BCUT2D eigenvalue weighted by molar-refractivity contribution is 5.75. The number of hydrogen-bond acceptors (Lipinski definition) is 2. The first-order chi connectivity index (χ1) is 3.81. The van der Waals surface area contributed by atoms with Crippen LogP contribution in [0.3, 0.4) is 0 Å². The highest BCUT2D eigenvalue weighted by Gasteiger charge is 1.86. The van der Waals surface area contributed by atoms with Crippen LogP contribution < -0.4 is 16.6 Å². The molecule has 8 heavy (non-hydrogen) atoms. The number of nitrogens with zero attached hydrogens (tertiary/aromatic N) is 1. The Bertz CT molecular complexity index is 88.0. The lowest BCUT2D eigenvalue weighted by Gasteiger charge is -1.97. The summed E-state index contributed by atoms with van der Waals surface area (Å²) in [5.74, 6) is 4.79. The van der Waals surface area contributed by atoms with E-state index < -0.39 is 0 Å². The quantitative estimate of drug-likeness (QED) is 0.144. The second-order valence-electron chi connectivity index (χ2n) is 1.12. The fourth-order valence-corrected chi connectivity index (χ4v) is 0.201. The predicted molar refractivity (Wildman–Crippen MR) is 32.2 cm³/mol. The third-order valence-electron chi connectivity index (χ3n) is 0.515. The van der Waals surface area contributed by atoms with Crippen LogP contribution >= 0.6 is 0 Å². The highest BCUT2D eigenvalue weighted by atomic mass is 15.3. The van der Waals surface area contributed by atoms with Gasteiger partial charge in [-0.15, -0.1) is 6.58 Å². The topological polar surface area (TPSA) is 76.0 Å². The van der Waals surface area contributed by atoms with Gasteiger partial charge in [0.05, 0.1) is 6.54 Å². The fourth-order valence-electron chi connectivity index (χ4n) is 0.201. The monoisotopic (exact) mass is 113 g/mol. The molecule has 1 radical (unpaired) electrons. The van der Waals surface area contributed by atoms with Gasteiger partial charge in [0.1, 0.15) is 0 Å². The van der Waals surface area contributed by atoms with Crippen LogP contribution in [-0.4, -0.2) is 12.5 Å². The van der Waals surface area contributed by atoms with Crippen molar-refractivity contribution in [3.63, 3.8) is 0 Å². The lowest BCUT2D eigenvalue weighted by molar-refractivity contribution is 0.885. The molecule has 0 unspecified atom stereocenters. The molecule has 0 fully saturated rings. The summed E-state index contributed by atoms with van der Waals surface area (Å²) in [6.45, 7) is 3.84. The van der Waals surface area contributed by atoms with Crippen molar-refractivity contribution < 1.29 is 0 Å². The number of hydrazine groups is 1. The molecule has 4 N–H and O–H groups in total. The Balaban J connectivity index is 3.11. The fraction of sp³-hybridized carbons (Fsp3) is 0.250. The molecule has 0 atom stereocenters. The van der Waals surface area contributed by atoms with E-state index in [2.05, 4.69) is 17.3 Å². The van der Waals surface area contributed by atoms with Crippen molar-refractivity contribution in [1.82, 2.24) is 10.7 Å². The Morgan fingerprint density at radius 2 is 2.62 bits per heavy atom. The standard InChI is InChI=1S/C4H9N4/c1-2-3-7-4(5)8-6/h2H,1,3,6H2,(H2,5,8). The zero-order valence-corrected chi connectivity index (χ0v) is 4.52. The molecule has 0 spiro atoms. The summed E-state index contributed by atoms with van der Waals surface area (Å²) in [5.41, 5.74) is 2.07. The Labute approximate surface area is 48.2 Å². The van der Waals surface area contributed by atoms with Crippen LogP contribution in [-0.2, 0) is 0 Å². The van der Waals surface area contributed by atoms with E-state index in [1.807, 2.05) is 0 Å². The Kier molecular flexibility index (Phi) is 3.60. The van der Waals surface area contributed by atoms with Gasteiger partial charge in [0.25, 0.3) is 0 Å². The van der Waals surface area contributed by atoms with E-state index in [4.69, 9.17) is 11.3 Å². The average Bonchev–Trinajstić information content (AvgIpc) is 1.83. The molecule has 0 aliphatic carbocycles. The van der Waals surface area contributed by atoms with Crippen molar-refractivity contribution in [2.75, 3.05) is 6.54 Å². The van der Waals surface area contributed by atoms with E-state index >= 15 is 0 Å². The Morgan fingerprint density at radius 3 is 3.00 bits per heavy atom. The summed E-state index contributed by atoms with van der Waals surface area (Å²) < 4.78 is 0. The van der Waals surface area contributed by atoms with Crippen LogP contribution in [0.15, 0.2) is 12.7 Å². The highest BCUT2D eigenvalue weighted by Crippen LogP contribution is 1.61. The van der Waals surface area contributed by atoms with E-state index in [9.17, 15) is 0 Å². The van der Waals surface area contributed by atoms with Crippen molar-refractivity contribution in [1.29, 1.82) is 5.41 Å². The van der Waals surface area contributed by atoms with Gasteiger partial charge in [-0.3, -0.25) is 10.8 Å². The van der Waals surface area contributed by atoms with E-state index in [0.29, 0.717) is 6.54 Å². The van der Waals surface area contributed by atoms with E-state index in [1.54, 1.807) is 6.08 Å². The molecule has 0 bridgehead atoms. The Morgan fingerprint density at radius 1 is 2.00 bits per heavy atom. The minimum absolute atomic E-state index is 0.0232. The van der Waals surface area contributed by atoms with Gasteiger partial charge in [0, 0.05) is 0 Å². The average molecular weight is 113 g/mol. The molecular weight excluding hydrogens is 104 g/mol. The number of hydrogen-bond donors (Lipinski definition) is 3. The lowest BCUT2D eigenvalue weighted by Crippen LogP contribution is -2.36. The maximum absolute atomic E-state index is 6.79. The minimum Gasteiger partial charge on any atom is -0.293 e. The zero-order chi connectivity index (χ0) is 6.41. The van der Waals surface area contributed by atoms with Crippen LogP contribution in [0.4, 0.5) is 0 Å². The minimum atomic E-state index is -0.0232. The maximum Gasteiger partial charge on any atom is 0.225 e. The molecule has 0 aromatic heterocycles. The first-order valence-electron chi connectivity index (χ1n) is 2.15. The summed E-state index contributed by atoms with van der Waals surface area (Å²) in [6.07, 6.45) is 1.59. The molecular formula is C4H9N4. The molecule has 45 valence electrons. The van der Waals surface area contributed by atoms with Crippen molar-refractivity contribution in [2.45, 2.75) is 0 Å². The summed E-state index contributed by atoms with van der Waals surface area (Å²) in [6, 6.07) is 0. The van der Waals surface area contributed by atoms with Crippen molar-refractivity contribution in [3.05, 3.63) is 12.7 Å².